The molecule has 1 aromatic heterocycles. The molecule has 0 atom stereocenters. The van der Waals surface area contributed by atoms with Crippen LogP contribution in [-0.2, 0) is 0 Å². The molecule has 3 aromatic rings. The van der Waals surface area contributed by atoms with Gasteiger partial charge >= 0.3 is 0 Å². The fraction of sp³-hybridized carbons (Fsp3) is 0. The number of nitrogens with zero attached hydrogens (tertiary/aromatic N) is 1. The monoisotopic (exact) mass is 466 g/mol. The highest BCUT2D eigenvalue weighted by molar-refractivity contribution is 14.1. The highest BCUT2D eigenvalue weighted by Crippen LogP contribution is 2.26. The molecule has 0 aliphatic rings. The quantitative estimate of drug-likeness (QED) is 0.292. The smallest absolute Gasteiger partial charge is 0.182 e. The lowest BCUT2D eigenvalue weighted by Gasteiger charge is -2.07. The van der Waals surface area contributed by atoms with Crippen molar-refractivity contribution in [2.24, 2.45) is 0 Å². The fourth-order valence-electron chi connectivity index (χ4n) is 2.01. The number of nitrogens with one attached hydrogen (secondary N) is 1. The summed E-state index contributed by atoms with van der Waals surface area (Å²) in [5, 5.41) is 0. The van der Waals surface area contributed by atoms with Gasteiger partial charge in [-0.05, 0) is 75.0 Å². The van der Waals surface area contributed by atoms with E-state index >= 15 is 0 Å². The first-order valence-corrected chi connectivity index (χ1v) is 7.80. The second-order valence-electron chi connectivity index (χ2n) is 4.14. The first-order chi connectivity index (χ1) is 9.47. The van der Waals surface area contributed by atoms with E-state index in [2.05, 4.69) is 43.5 Å². The van der Waals surface area contributed by atoms with Crippen LogP contribution in [0.1, 0.15) is 0 Å². The molecule has 1 N–H and O–H groups in total. The van der Waals surface area contributed by atoms with Crippen molar-refractivity contribution >= 4 is 61.8 Å². The van der Waals surface area contributed by atoms with Crippen LogP contribution in [-0.4, -0.2) is 9.55 Å². The van der Waals surface area contributed by atoms with Crippen LogP contribution in [0, 0.1) is 20.0 Å². The van der Waals surface area contributed by atoms with E-state index in [1.54, 1.807) is 0 Å². The first kappa shape index (κ1) is 14.2. The van der Waals surface area contributed by atoms with Gasteiger partial charge in [-0.1, -0.05) is 0 Å². The second kappa shape index (κ2) is 5.19. The summed E-state index contributed by atoms with van der Waals surface area (Å²) in [4.78, 5) is 3.00. The highest BCUT2D eigenvalue weighted by Gasteiger charge is 2.14. The van der Waals surface area contributed by atoms with Crippen molar-refractivity contribution in [3.63, 3.8) is 0 Å². The third-order valence-corrected chi connectivity index (χ3v) is 4.44. The Balaban J connectivity index is 2.38. The summed E-state index contributed by atoms with van der Waals surface area (Å²) < 4.78 is 30.7. The van der Waals surface area contributed by atoms with Crippen molar-refractivity contribution in [2.45, 2.75) is 0 Å². The molecule has 0 amide bonds. The zero-order valence-corrected chi connectivity index (χ0v) is 14.3. The number of aromatic amines is 1. The van der Waals surface area contributed by atoms with Crippen LogP contribution in [0.25, 0.3) is 16.7 Å². The number of rotatable bonds is 1. The minimum Gasteiger partial charge on any atom is -0.330 e. The van der Waals surface area contributed by atoms with E-state index in [4.69, 9.17) is 12.2 Å². The molecule has 20 heavy (non-hydrogen) atoms. The van der Waals surface area contributed by atoms with Gasteiger partial charge in [0.05, 0.1) is 21.2 Å². The van der Waals surface area contributed by atoms with Crippen LogP contribution in [0.4, 0.5) is 8.78 Å². The van der Waals surface area contributed by atoms with Gasteiger partial charge in [0, 0.05) is 9.64 Å². The van der Waals surface area contributed by atoms with E-state index < -0.39 is 11.6 Å². The Labute approximate surface area is 140 Å². The van der Waals surface area contributed by atoms with E-state index in [9.17, 15) is 8.78 Å². The van der Waals surface area contributed by atoms with Crippen molar-refractivity contribution in [1.29, 1.82) is 0 Å². The van der Waals surface area contributed by atoms with Gasteiger partial charge in [-0.3, -0.25) is 4.57 Å². The van der Waals surface area contributed by atoms with Crippen LogP contribution in [0.15, 0.2) is 34.8 Å². The predicted molar refractivity (Wildman–Crippen MR) is 88.8 cm³/mol. The number of benzene rings is 2. The van der Waals surface area contributed by atoms with E-state index in [1.807, 2.05) is 18.2 Å². The summed E-state index contributed by atoms with van der Waals surface area (Å²) in [5.74, 6) is -1.09. The third-order valence-electron chi connectivity index (χ3n) is 2.87. The largest absolute Gasteiger partial charge is 0.330 e. The van der Waals surface area contributed by atoms with E-state index in [-0.39, 0.29) is 10.2 Å². The molecule has 2 aromatic carbocycles. The Bertz CT molecular complexity index is 888. The Morgan fingerprint density at radius 3 is 2.65 bits per heavy atom. The maximum absolute atomic E-state index is 14.1. The summed E-state index contributed by atoms with van der Waals surface area (Å²) in [6.07, 6.45) is 0. The molecule has 0 saturated carbocycles. The van der Waals surface area contributed by atoms with Gasteiger partial charge in [0.1, 0.15) is 11.6 Å². The molecule has 0 aliphatic heterocycles. The molecule has 0 radical (unpaired) electrons. The normalized spacial score (nSPS) is 11.2. The molecule has 0 aliphatic carbocycles. The minimum absolute atomic E-state index is 0.0830. The summed E-state index contributed by atoms with van der Waals surface area (Å²) in [7, 11) is 0. The molecule has 3 rings (SSSR count). The molecule has 102 valence electrons. The number of fused-ring (bicyclic) bond motifs is 1. The minimum atomic E-state index is -0.547. The second-order valence-corrected chi connectivity index (χ2v) is 6.63. The lowest BCUT2D eigenvalue weighted by atomic mass is 10.2. The van der Waals surface area contributed by atoms with Gasteiger partial charge in [-0.25, -0.2) is 8.78 Å². The maximum Gasteiger partial charge on any atom is 0.182 e. The molecule has 0 unspecified atom stereocenters. The zero-order valence-electron chi connectivity index (χ0n) is 9.75. The molecule has 7 heteroatoms. The molecule has 0 saturated heterocycles. The summed E-state index contributed by atoms with van der Waals surface area (Å²) in [6, 6.07) is 7.83. The fourth-order valence-corrected chi connectivity index (χ4v) is 3.12. The predicted octanol–water partition coefficient (Wildman–Crippen LogP) is 5.33. The SMILES string of the molecule is Fc1cc(-n2c(=S)[nH]c3cc(I)ccc32)c(F)cc1Br. The highest BCUT2D eigenvalue weighted by atomic mass is 127. The molecule has 0 fully saturated rings. The van der Waals surface area contributed by atoms with Crippen LogP contribution < -0.4 is 0 Å². The standard InChI is InChI=1S/C13H6BrF2IN2S/c14-7-4-9(16)12(5-8(7)15)19-11-2-1-6(17)3-10(11)18-13(19)20/h1-5H,(H,18,20). The van der Waals surface area contributed by atoms with Crippen molar-refractivity contribution in [2.75, 3.05) is 0 Å². The van der Waals surface area contributed by atoms with Crippen LogP contribution in [0.5, 0.6) is 0 Å². The average Bonchev–Trinajstić information content (AvgIpc) is 2.69. The van der Waals surface area contributed by atoms with E-state index in [1.165, 1.54) is 4.57 Å². The first-order valence-electron chi connectivity index (χ1n) is 5.52. The Hall–Kier alpha value is -0.800. The van der Waals surface area contributed by atoms with Crippen LogP contribution in [0.3, 0.4) is 0 Å². The maximum atomic E-state index is 14.1. The summed E-state index contributed by atoms with van der Waals surface area (Å²) in [5.41, 5.74) is 1.57. The molecule has 0 bridgehead atoms. The Kier molecular flexibility index (Phi) is 3.67. The molecule has 0 spiro atoms. The van der Waals surface area contributed by atoms with Crippen molar-refractivity contribution in [3.8, 4) is 5.69 Å². The van der Waals surface area contributed by atoms with Crippen molar-refractivity contribution in [3.05, 3.63) is 54.8 Å². The van der Waals surface area contributed by atoms with Crippen molar-refractivity contribution in [1.82, 2.24) is 9.55 Å². The molecule has 2 nitrogen and oxygen atoms in total. The van der Waals surface area contributed by atoms with Gasteiger partial charge in [-0.15, -0.1) is 0 Å². The Morgan fingerprint density at radius 2 is 1.90 bits per heavy atom. The zero-order chi connectivity index (χ0) is 14.4. The number of imidazole rings is 1. The Morgan fingerprint density at radius 1 is 1.15 bits per heavy atom. The van der Waals surface area contributed by atoms with Gasteiger partial charge in [-0.2, -0.15) is 0 Å². The number of H-pyrrole nitrogens is 1. The lowest BCUT2D eigenvalue weighted by Crippen LogP contribution is -1.99. The number of aromatic nitrogens is 2. The average molecular weight is 467 g/mol. The van der Waals surface area contributed by atoms with Gasteiger partial charge in [0.2, 0.25) is 0 Å². The van der Waals surface area contributed by atoms with Crippen LogP contribution in [0.2, 0.25) is 0 Å². The van der Waals surface area contributed by atoms with Gasteiger partial charge < -0.3 is 4.98 Å². The topological polar surface area (TPSA) is 20.7 Å². The number of hydrogen-bond donors (Lipinski definition) is 1. The molecular formula is C13H6BrF2IN2S. The number of halogens is 4. The summed E-state index contributed by atoms with van der Waals surface area (Å²) >= 11 is 10.4. The molecular weight excluding hydrogens is 461 g/mol. The number of hydrogen-bond acceptors (Lipinski definition) is 1. The van der Waals surface area contributed by atoms with Crippen LogP contribution >= 0.6 is 50.7 Å². The summed E-state index contributed by atoms with van der Waals surface area (Å²) in [6.45, 7) is 0. The van der Waals surface area contributed by atoms with E-state index in [0.717, 1.165) is 21.2 Å². The lowest BCUT2D eigenvalue weighted by molar-refractivity contribution is 0.588. The van der Waals surface area contributed by atoms with Gasteiger partial charge in [0.15, 0.2) is 4.77 Å². The molecule has 1 heterocycles. The van der Waals surface area contributed by atoms with Gasteiger partial charge in [0.25, 0.3) is 0 Å². The van der Waals surface area contributed by atoms with Crippen molar-refractivity contribution < 1.29 is 8.78 Å². The third kappa shape index (κ3) is 2.31. The van der Waals surface area contributed by atoms with E-state index in [0.29, 0.717) is 10.3 Å².